The number of anilines is 2. The lowest BCUT2D eigenvalue weighted by molar-refractivity contribution is -0.730. The molecule has 1 amide bonds. The first-order valence-electron chi connectivity index (χ1n) is 9.15. The molecule has 0 aliphatic rings. The van der Waals surface area contributed by atoms with Crippen LogP contribution in [0.3, 0.4) is 0 Å². The fourth-order valence-corrected chi connectivity index (χ4v) is 3.92. The molecule has 2 aromatic heterocycles. The fourth-order valence-electron chi connectivity index (χ4n) is 2.97. The summed E-state index contributed by atoms with van der Waals surface area (Å²) in [5.74, 6) is -1.25. The summed E-state index contributed by atoms with van der Waals surface area (Å²) in [6, 6.07) is 7.05. The second-order valence-corrected chi connectivity index (χ2v) is 7.99. The highest BCUT2D eigenvalue weighted by molar-refractivity contribution is 8.00. The molecule has 1 aromatic carbocycles. The third-order valence-corrected chi connectivity index (χ3v) is 5.89. The minimum atomic E-state index is -0.852. The van der Waals surface area contributed by atoms with E-state index in [2.05, 4.69) is 20.1 Å². The number of benzene rings is 1. The summed E-state index contributed by atoms with van der Waals surface area (Å²) < 4.78 is 11.0. The molecule has 0 saturated carbocycles. The molecule has 0 aliphatic carbocycles. The lowest BCUT2D eigenvalue weighted by Crippen LogP contribution is -2.32. The Kier molecular flexibility index (Phi) is 6.92. The monoisotopic (exact) mass is 485 g/mol. The molecule has 0 atom stereocenters. The van der Waals surface area contributed by atoms with E-state index >= 15 is 0 Å². The van der Waals surface area contributed by atoms with Crippen molar-refractivity contribution < 1.29 is 23.8 Å². The molecule has 3 N–H and O–H groups in total. The van der Waals surface area contributed by atoms with Gasteiger partial charge in [0.25, 0.3) is 5.69 Å². The van der Waals surface area contributed by atoms with E-state index in [1.807, 2.05) is 12.1 Å². The zero-order valence-electron chi connectivity index (χ0n) is 17.6. The van der Waals surface area contributed by atoms with Gasteiger partial charge in [0.2, 0.25) is 5.91 Å². The first-order chi connectivity index (χ1) is 15.7. The zero-order chi connectivity index (χ0) is 24.3. The summed E-state index contributed by atoms with van der Waals surface area (Å²) in [5.41, 5.74) is 6.62. The molecule has 0 fully saturated rings. The molecule has 0 bridgehead atoms. The van der Waals surface area contributed by atoms with Gasteiger partial charge in [-0.2, -0.15) is 10.5 Å². The predicted octanol–water partition coefficient (Wildman–Crippen LogP) is 1.66. The van der Waals surface area contributed by atoms with Gasteiger partial charge in [0, 0.05) is 11.1 Å². The van der Waals surface area contributed by atoms with Gasteiger partial charge in [0.15, 0.2) is 13.0 Å². The van der Waals surface area contributed by atoms with Crippen LogP contribution in [0.5, 0.6) is 11.7 Å². The maximum atomic E-state index is 12.6. The number of ether oxygens (including phenoxy) is 1. The standard InChI is InChI=1S/C20H16ClN7O4S/c1-9-4-13(14(31-3)5-12(9)21)25-15(29)8-33-19-11(7-23)16(10(6-22)18(24)26-19)17-20(30)32-27-28(17)2/h4-5H,8H2,1-3H3,(H3-,24,25,26,27,29,30). The number of amides is 1. The lowest BCUT2D eigenvalue weighted by Gasteiger charge is -2.13. The number of nitrogens with zero attached hydrogens (tertiary/aromatic N) is 5. The van der Waals surface area contributed by atoms with E-state index in [-0.39, 0.29) is 39.0 Å². The van der Waals surface area contributed by atoms with Gasteiger partial charge in [-0.05, 0) is 18.6 Å². The van der Waals surface area contributed by atoms with E-state index < -0.39 is 11.9 Å². The van der Waals surface area contributed by atoms with Gasteiger partial charge in [0.1, 0.15) is 34.3 Å². The highest BCUT2D eigenvalue weighted by atomic mass is 35.5. The summed E-state index contributed by atoms with van der Waals surface area (Å²) in [6.45, 7) is 1.78. The first kappa shape index (κ1) is 23.7. The molecular weight excluding hydrogens is 470 g/mol. The van der Waals surface area contributed by atoms with Crippen LogP contribution in [0.4, 0.5) is 11.5 Å². The molecule has 0 saturated heterocycles. The van der Waals surface area contributed by atoms with Crippen molar-refractivity contribution >= 4 is 40.8 Å². The van der Waals surface area contributed by atoms with Gasteiger partial charge in [0.05, 0.1) is 34.9 Å². The minimum Gasteiger partial charge on any atom is -0.539 e. The van der Waals surface area contributed by atoms with Crippen molar-refractivity contribution in [3.63, 3.8) is 0 Å². The number of hydrogen-bond donors (Lipinski definition) is 2. The molecule has 13 heteroatoms. The van der Waals surface area contributed by atoms with Gasteiger partial charge in [-0.25, -0.2) is 4.98 Å². The third-order valence-electron chi connectivity index (χ3n) is 4.51. The molecule has 0 radical (unpaired) electrons. The Balaban J connectivity index is 1.94. The molecule has 168 valence electrons. The number of thioether (sulfide) groups is 1. The normalized spacial score (nSPS) is 10.4. The number of hydrogen-bond acceptors (Lipinski definition) is 10. The van der Waals surface area contributed by atoms with Crippen LogP contribution in [0, 0.1) is 29.6 Å². The SMILES string of the molecule is COc1cc(Cl)c(C)cc1NC(=O)CSc1nc(N)c(C#N)c(-c2c([O-])on[n+]2C)c1C#N. The largest absolute Gasteiger partial charge is 0.539 e. The molecule has 3 rings (SSSR count). The van der Waals surface area contributed by atoms with Crippen molar-refractivity contribution in [1.82, 2.24) is 10.3 Å². The number of rotatable bonds is 6. The maximum Gasteiger partial charge on any atom is 0.266 e. The van der Waals surface area contributed by atoms with Gasteiger partial charge >= 0.3 is 0 Å². The molecule has 0 unspecified atom stereocenters. The minimum absolute atomic E-state index is 0.0563. The van der Waals surface area contributed by atoms with E-state index in [1.54, 1.807) is 19.1 Å². The number of methoxy groups -OCH3 is 1. The van der Waals surface area contributed by atoms with E-state index in [4.69, 9.17) is 22.1 Å². The number of nitrogens with one attached hydrogen (secondary N) is 1. The Morgan fingerprint density at radius 1 is 1.39 bits per heavy atom. The second-order valence-electron chi connectivity index (χ2n) is 6.62. The number of carbonyl (C=O) groups excluding carboxylic acids is 1. The van der Waals surface area contributed by atoms with Gasteiger partial charge in [-0.1, -0.05) is 28.0 Å². The Morgan fingerprint density at radius 2 is 2.09 bits per heavy atom. The summed E-state index contributed by atoms with van der Waals surface area (Å²) in [7, 11) is 2.87. The van der Waals surface area contributed by atoms with Crippen LogP contribution in [0.1, 0.15) is 16.7 Å². The number of aromatic nitrogens is 3. The van der Waals surface area contributed by atoms with Crippen molar-refractivity contribution in [2.75, 3.05) is 23.9 Å². The first-order valence-corrected chi connectivity index (χ1v) is 10.5. The van der Waals surface area contributed by atoms with Gasteiger partial charge < -0.3 is 25.4 Å². The Morgan fingerprint density at radius 3 is 2.67 bits per heavy atom. The number of nitriles is 2. The van der Waals surface area contributed by atoms with Crippen molar-refractivity contribution in [2.45, 2.75) is 11.9 Å². The number of pyridine rings is 1. The van der Waals surface area contributed by atoms with Crippen molar-refractivity contribution in [2.24, 2.45) is 7.05 Å². The number of aryl methyl sites for hydroxylation is 2. The van der Waals surface area contributed by atoms with Gasteiger partial charge in [-0.3, -0.25) is 4.79 Å². The summed E-state index contributed by atoms with van der Waals surface area (Å²) in [6.07, 6.45) is 0. The molecule has 2 heterocycles. The molecular formula is C20H16ClN7O4S. The summed E-state index contributed by atoms with van der Waals surface area (Å²) in [4.78, 5) is 16.7. The van der Waals surface area contributed by atoms with Crippen LogP contribution in [-0.4, -0.2) is 29.0 Å². The van der Waals surface area contributed by atoms with Crippen molar-refractivity contribution in [3.8, 4) is 35.1 Å². The number of carbonyl (C=O) groups is 1. The molecule has 33 heavy (non-hydrogen) atoms. The summed E-state index contributed by atoms with van der Waals surface area (Å²) >= 11 is 7.00. The number of halogens is 1. The van der Waals surface area contributed by atoms with Crippen molar-refractivity contribution in [1.29, 1.82) is 10.5 Å². The summed E-state index contributed by atoms with van der Waals surface area (Å²) in [5, 5.41) is 38.2. The second kappa shape index (κ2) is 9.65. The molecule has 0 spiro atoms. The Labute approximate surface area is 197 Å². The predicted molar refractivity (Wildman–Crippen MR) is 116 cm³/mol. The van der Waals surface area contributed by atoms with E-state index in [9.17, 15) is 20.4 Å². The quantitative estimate of drug-likeness (QED) is 0.385. The number of nitrogen functional groups attached to an aromatic ring is 1. The van der Waals surface area contributed by atoms with Gasteiger partial charge in [-0.15, -0.1) is 0 Å². The fraction of sp³-hybridized carbons (Fsp3) is 0.200. The lowest BCUT2D eigenvalue weighted by atomic mass is 10.0. The van der Waals surface area contributed by atoms with E-state index in [0.717, 1.165) is 22.0 Å². The average molecular weight is 486 g/mol. The van der Waals surface area contributed by atoms with Crippen LogP contribution < -0.4 is 25.6 Å². The van der Waals surface area contributed by atoms with Crippen LogP contribution in [0.15, 0.2) is 21.7 Å². The third kappa shape index (κ3) is 4.62. The van der Waals surface area contributed by atoms with Crippen LogP contribution in [0.25, 0.3) is 11.3 Å². The maximum absolute atomic E-state index is 12.6. The molecule has 11 nitrogen and oxygen atoms in total. The topological polar surface area (TPSA) is 178 Å². The highest BCUT2D eigenvalue weighted by Gasteiger charge is 2.29. The smallest absolute Gasteiger partial charge is 0.266 e. The molecule has 0 aliphatic heterocycles. The van der Waals surface area contributed by atoms with Crippen LogP contribution in [-0.2, 0) is 11.8 Å². The molecule has 3 aromatic rings. The van der Waals surface area contributed by atoms with Crippen LogP contribution >= 0.6 is 23.4 Å². The van der Waals surface area contributed by atoms with Crippen molar-refractivity contribution in [3.05, 3.63) is 33.8 Å². The van der Waals surface area contributed by atoms with Crippen LogP contribution in [0.2, 0.25) is 5.02 Å². The highest BCUT2D eigenvalue weighted by Crippen LogP contribution is 2.37. The number of nitrogens with two attached hydrogens (primary N) is 1. The zero-order valence-corrected chi connectivity index (χ0v) is 19.2. The Hall–Kier alpha value is -4.00. The average Bonchev–Trinajstić information content (AvgIpc) is 3.11. The Bertz CT molecular complexity index is 1320. The van der Waals surface area contributed by atoms with E-state index in [1.165, 1.54) is 14.2 Å². The van der Waals surface area contributed by atoms with E-state index in [0.29, 0.717) is 16.5 Å².